The van der Waals surface area contributed by atoms with Gasteiger partial charge in [0.05, 0.1) is 11.1 Å². The molecular formula is C15H21N3O2S. The molecule has 6 heteroatoms. The van der Waals surface area contributed by atoms with Gasteiger partial charge in [-0.15, -0.1) is 0 Å². The number of benzene rings is 1. The summed E-state index contributed by atoms with van der Waals surface area (Å²) in [6.45, 7) is 6.49. The lowest BCUT2D eigenvalue weighted by atomic mass is 10.1. The van der Waals surface area contributed by atoms with Gasteiger partial charge in [0.25, 0.3) is 0 Å². The molecule has 0 aliphatic carbocycles. The number of aromatic nitrogens is 2. The van der Waals surface area contributed by atoms with Crippen LogP contribution < -0.4 is 0 Å². The van der Waals surface area contributed by atoms with Crippen molar-refractivity contribution in [2.45, 2.75) is 32.2 Å². The van der Waals surface area contributed by atoms with E-state index in [0.717, 1.165) is 16.7 Å². The summed E-state index contributed by atoms with van der Waals surface area (Å²) < 4.78 is 28.6. The van der Waals surface area contributed by atoms with Crippen molar-refractivity contribution in [3.8, 4) is 0 Å². The smallest absolute Gasteiger partial charge is 0.243 e. The Bertz CT molecular complexity index is 735. The summed E-state index contributed by atoms with van der Waals surface area (Å²) in [5.74, 6) is 0. The minimum atomic E-state index is -3.48. The molecule has 1 aromatic carbocycles. The third-order valence-electron chi connectivity index (χ3n) is 3.59. The highest BCUT2D eigenvalue weighted by atomic mass is 32.2. The first kappa shape index (κ1) is 15.7. The second-order valence-electron chi connectivity index (χ2n) is 5.20. The zero-order valence-electron chi connectivity index (χ0n) is 12.9. The molecule has 1 aromatic heterocycles. The maximum Gasteiger partial charge on any atom is 0.243 e. The first-order valence-corrected chi connectivity index (χ1v) is 8.33. The van der Waals surface area contributed by atoms with Gasteiger partial charge in [-0.05, 0) is 37.1 Å². The Labute approximate surface area is 126 Å². The van der Waals surface area contributed by atoms with Gasteiger partial charge in [0.15, 0.2) is 0 Å². The molecule has 0 unspecified atom stereocenters. The van der Waals surface area contributed by atoms with Crippen molar-refractivity contribution >= 4 is 10.0 Å². The summed E-state index contributed by atoms with van der Waals surface area (Å²) in [6.07, 6.45) is 3.52. The molecule has 0 aliphatic heterocycles. The summed E-state index contributed by atoms with van der Waals surface area (Å²) in [4.78, 5) is 0.344. The van der Waals surface area contributed by atoms with Crippen LogP contribution in [0.15, 0.2) is 35.5 Å². The Kier molecular flexibility index (Phi) is 4.49. The van der Waals surface area contributed by atoms with E-state index in [9.17, 15) is 8.42 Å². The first-order valence-electron chi connectivity index (χ1n) is 6.89. The zero-order valence-corrected chi connectivity index (χ0v) is 13.7. The third kappa shape index (κ3) is 3.33. The van der Waals surface area contributed by atoms with Gasteiger partial charge in [-0.1, -0.05) is 13.0 Å². The van der Waals surface area contributed by atoms with Crippen molar-refractivity contribution in [1.82, 2.24) is 14.1 Å². The molecule has 0 spiro atoms. The molecule has 114 valence electrons. The van der Waals surface area contributed by atoms with E-state index >= 15 is 0 Å². The number of sulfonamides is 1. The average Bonchev–Trinajstić information content (AvgIpc) is 2.84. The summed E-state index contributed by atoms with van der Waals surface area (Å²) >= 11 is 0. The highest BCUT2D eigenvalue weighted by Gasteiger charge is 2.23. The topological polar surface area (TPSA) is 55.2 Å². The standard InChI is InChI=1S/C15H21N3O2S/c1-5-18(11-14-9-16-17(4)10-14)21(19,20)15-7-6-12(2)13(3)8-15/h6-10H,5,11H2,1-4H3. The minimum Gasteiger partial charge on any atom is -0.275 e. The zero-order chi connectivity index (χ0) is 15.6. The summed E-state index contributed by atoms with van der Waals surface area (Å²) in [5.41, 5.74) is 2.95. The maximum absolute atomic E-state index is 12.7. The predicted molar refractivity (Wildman–Crippen MR) is 82.4 cm³/mol. The van der Waals surface area contributed by atoms with Crippen molar-refractivity contribution < 1.29 is 8.42 Å². The number of nitrogens with zero attached hydrogens (tertiary/aromatic N) is 3. The average molecular weight is 307 g/mol. The molecular weight excluding hydrogens is 286 g/mol. The molecule has 0 bridgehead atoms. The maximum atomic E-state index is 12.7. The van der Waals surface area contributed by atoms with Gasteiger partial charge >= 0.3 is 0 Å². The summed E-state index contributed by atoms with van der Waals surface area (Å²) in [6, 6.07) is 5.25. The monoisotopic (exact) mass is 307 g/mol. The molecule has 2 rings (SSSR count). The first-order chi connectivity index (χ1) is 9.84. The molecule has 0 amide bonds. The van der Waals surface area contributed by atoms with Crippen LogP contribution in [0.5, 0.6) is 0 Å². The quantitative estimate of drug-likeness (QED) is 0.851. The second-order valence-corrected chi connectivity index (χ2v) is 7.14. The van der Waals surface area contributed by atoms with E-state index < -0.39 is 10.0 Å². The summed E-state index contributed by atoms with van der Waals surface area (Å²) in [5, 5.41) is 4.08. The normalized spacial score (nSPS) is 12.0. The van der Waals surface area contributed by atoms with Crippen LogP contribution >= 0.6 is 0 Å². The molecule has 0 N–H and O–H groups in total. The van der Waals surface area contributed by atoms with Crippen LogP contribution in [0.3, 0.4) is 0 Å². The molecule has 0 saturated heterocycles. The van der Waals surface area contributed by atoms with Gasteiger partial charge in [0, 0.05) is 31.9 Å². The minimum absolute atomic E-state index is 0.333. The van der Waals surface area contributed by atoms with Crippen LogP contribution in [0, 0.1) is 13.8 Å². The Morgan fingerprint density at radius 1 is 1.24 bits per heavy atom. The van der Waals surface area contributed by atoms with E-state index in [-0.39, 0.29) is 0 Å². The predicted octanol–water partition coefficient (Wildman–Crippen LogP) is 2.25. The second kappa shape index (κ2) is 5.99. The van der Waals surface area contributed by atoms with Gasteiger partial charge in [0.1, 0.15) is 0 Å². The van der Waals surface area contributed by atoms with E-state index in [0.29, 0.717) is 18.0 Å². The van der Waals surface area contributed by atoms with Crippen LogP contribution in [0.1, 0.15) is 23.6 Å². The Hall–Kier alpha value is -1.66. The number of hydrogen-bond acceptors (Lipinski definition) is 3. The van der Waals surface area contributed by atoms with Crippen molar-refractivity contribution in [2.24, 2.45) is 7.05 Å². The highest BCUT2D eigenvalue weighted by Crippen LogP contribution is 2.20. The molecule has 0 atom stereocenters. The van der Waals surface area contributed by atoms with E-state index in [1.54, 1.807) is 23.0 Å². The Morgan fingerprint density at radius 2 is 1.95 bits per heavy atom. The van der Waals surface area contributed by atoms with Crippen molar-refractivity contribution in [1.29, 1.82) is 0 Å². The van der Waals surface area contributed by atoms with Gasteiger partial charge in [0.2, 0.25) is 10.0 Å². The fourth-order valence-corrected chi connectivity index (χ4v) is 3.67. The van der Waals surface area contributed by atoms with Gasteiger partial charge in [-0.25, -0.2) is 8.42 Å². The van der Waals surface area contributed by atoms with E-state index in [1.807, 2.05) is 40.1 Å². The van der Waals surface area contributed by atoms with E-state index in [4.69, 9.17) is 0 Å². The molecule has 0 aliphatic rings. The molecule has 0 radical (unpaired) electrons. The van der Waals surface area contributed by atoms with Crippen molar-refractivity contribution in [2.75, 3.05) is 6.54 Å². The van der Waals surface area contributed by atoms with Crippen LogP contribution in [0.25, 0.3) is 0 Å². The van der Waals surface area contributed by atoms with Crippen LogP contribution in [0.2, 0.25) is 0 Å². The van der Waals surface area contributed by atoms with Crippen LogP contribution in [-0.2, 0) is 23.6 Å². The van der Waals surface area contributed by atoms with E-state index in [1.165, 1.54) is 4.31 Å². The van der Waals surface area contributed by atoms with Gasteiger partial charge in [-0.2, -0.15) is 9.40 Å². The Balaban J connectivity index is 2.32. The lowest BCUT2D eigenvalue weighted by Gasteiger charge is -2.20. The highest BCUT2D eigenvalue weighted by molar-refractivity contribution is 7.89. The third-order valence-corrected chi connectivity index (χ3v) is 5.50. The fourth-order valence-electron chi connectivity index (χ4n) is 2.15. The molecule has 0 saturated carbocycles. The van der Waals surface area contributed by atoms with Gasteiger partial charge < -0.3 is 0 Å². The number of hydrogen-bond donors (Lipinski definition) is 0. The fraction of sp³-hybridized carbons (Fsp3) is 0.400. The number of rotatable bonds is 5. The molecule has 1 heterocycles. The Morgan fingerprint density at radius 3 is 2.48 bits per heavy atom. The lowest BCUT2D eigenvalue weighted by molar-refractivity contribution is 0.423. The summed E-state index contributed by atoms with van der Waals surface area (Å²) in [7, 11) is -1.67. The molecule has 0 fully saturated rings. The largest absolute Gasteiger partial charge is 0.275 e. The van der Waals surface area contributed by atoms with Crippen LogP contribution in [0.4, 0.5) is 0 Å². The SMILES string of the molecule is CCN(Cc1cnn(C)c1)S(=O)(=O)c1ccc(C)c(C)c1. The molecule has 21 heavy (non-hydrogen) atoms. The lowest BCUT2D eigenvalue weighted by Crippen LogP contribution is -2.30. The van der Waals surface area contributed by atoms with Crippen molar-refractivity contribution in [3.05, 3.63) is 47.3 Å². The van der Waals surface area contributed by atoms with E-state index in [2.05, 4.69) is 5.10 Å². The van der Waals surface area contributed by atoms with Crippen molar-refractivity contribution in [3.63, 3.8) is 0 Å². The van der Waals surface area contributed by atoms with Crippen LogP contribution in [-0.4, -0.2) is 29.0 Å². The van der Waals surface area contributed by atoms with Gasteiger partial charge in [-0.3, -0.25) is 4.68 Å². The molecule has 2 aromatic rings. The molecule has 5 nitrogen and oxygen atoms in total. The number of aryl methyl sites for hydroxylation is 3.